The minimum atomic E-state index is 0.290. The fraction of sp³-hybridized carbons (Fsp3) is 0.583. The molecule has 2 aliphatic heterocycles. The van der Waals surface area contributed by atoms with Gasteiger partial charge in [0.25, 0.3) is 0 Å². The van der Waals surface area contributed by atoms with E-state index in [2.05, 4.69) is 26.9 Å². The third kappa shape index (κ3) is 2.26. The highest BCUT2D eigenvalue weighted by Gasteiger charge is 2.26. The van der Waals surface area contributed by atoms with Crippen LogP contribution in [-0.2, 0) is 0 Å². The monoisotopic (exact) mass is 261 g/mol. The van der Waals surface area contributed by atoms with Crippen molar-refractivity contribution in [2.75, 3.05) is 37.5 Å². The van der Waals surface area contributed by atoms with Gasteiger partial charge >= 0.3 is 0 Å². The predicted molar refractivity (Wildman–Crippen MR) is 75.0 cm³/mol. The average Bonchev–Trinajstić information content (AvgIpc) is 2.40. The second-order valence-electron chi connectivity index (χ2n) is 5.20. The average molecular weight is 261 g/mol. The predicted octanol–water partition coefficient (Wildman–Crippen LogP) is -0.0619. The molecule has 0 unspecified atom stereocenters. The van der Waals surface area contributed by atoms with Crippen LogP contribution in [0.15, 0.2) is 4.99 Å². The standard InChI is InChI=1S/C12H19N7/c1-18-4-2-8(3-5-18)10-9-6-15-7-19(14)11(9)17-12(13)16-10/h6,8H,2-5,7,14H2,1H3,(H2,13,16,17). The van der Waals surface area contributed by atoms with Crippen molar-refractivity contribution in [2.24, 2.45) is 10.8 Å². The van der Waals surface area contributed by atoms with Crippen LogP contribution in [0.2, 0.25) is 0 Å². The molecule has 1 aromatic rings. The maximum atomic E-state index is 5.90. The van der Waals surface area contributed by atoms with Gasteiger partial charge in [-0.15, -0.1) is 0 Å². The fourth-order valence-corrected chi connectivity index (χ4v) is 2.72. The molecule has 1 fully saturated rings. The Hall–Kier alpha value is -1.73. The van der Waals surface area contributed by atoms with Gasteiger partial charge in [0, 0.05) is 12.1 Å². The molecule has 1 saturated heterocycles. The Morgan fingerprint density at radius 2 is 2.00 bits per heavy atom. The Morgan fingerprint density at radius 3 is 2.74 bits per heavy atom. The largest absolute Gasteiger partial charge is 0.368 e. The summed E-state index contributed by atoms with van der Waals surface area (Å²) in [5.74, 6) is 7.29. The second-order valence-corrected chi connectivity index (χ2v) is 5.20. The maximum Gasteiger partial charge on any atom is 0.222 e. The first-order valence-corrected chi connectivity index (χ1v) is 6.53. The zero-order valence-corrected chi connectivity index (χ0v) is 11.1. The molecule has 3 rings (SSSR count). The lowest BCUT2D eigenvalue weighted by Gasteiger charge is -2.31. The number of nitrogen functional groups attached to an aromatic ring is 1. The van der Waals surface area contributed by atoms with Crippen molar-refractivity contribution >= 4 is 18.0 Å². The van der Waals surface area contributed by atoms with Crippen LogP contribution >= 0.6 is 0 Å². The van der Waals surface area contributed by atoms with Crippen LogP contribution in [0.25, 0.3) is 0 Å². The molecule has 0 aromatic carbocycles. The van der Waals surface area contributed by atoms with Gasteiger partial charge in [0.05, 0.1) is 11.3 Å². The Morgan fingerprint density at radius 1 is 1.26 bits per heavy atom. The molecule has 2 aliphatic rings. The third-order valence-corrected chi connectivity index (χ3v) is 3.80. The van der Waals surface area contributed by atoms with E-state index in [1.54, 1.807) is 0 Å². The topological polar surface area (TPSA) is 96.7 Å². The first kappa shape index (κ1) is 12.3. The molecule has 0 bridgehead atoms. The van der Waals surface area contributed by atoms with E-state index in [0.29, 0.717) is 24.4 Å². The summed E-state index contributed by atoms with van der Waals surface area (Å²) in [7, 11) is 2.14. The van der Waals surface area contributed by atoms with E-state index >= 15 is 0 Å². The van der Waals surface area contributed by atoms with Gasteiger partial charge in [0.1, 0.15) is 6.67 Å². The zero-order chi connectivity index (χ0) is 13.4. The van der Waals surface area contributed by atoms with Crippen molar-refractivity contribution < 1.29 is 0 Å². The van der Waals surface area contributed by atoms with Crippen molar-refractivity contribution in [1.29, 1.82) is 0 Å². The molecule has 7 nitrogen and oxygen atoms in total. The van der Waals surface area contributed by atoms with Crippen LogP contribution in [-0.4, -0.2) is 47.9 Å². The Kier molecular flexibility index (Phi) is 3.08. The van der Waals surface area contributed by atoms with Crippen molar-refractivity contribution in [1.82, 2.24) is 14.9 Å². The van der Waals surface area contributed by atoms with Crippen LogP contribution in [0.4, 0.5) is 11.8 Å². The SMILES string of the molecule is CN1CCC(c2nc(N)nc3c2C=NCN3N)CC1. The van der Waals surface area contributed by atoms with E-state index in [0.717, 1.165) is 37.2 Å². The molecular weight excluding hydrogens is 242 g/mol. The minimum Gasteiger partial charge on any atom is -0.368 e. The van der Waals surface area contributed by atoms with Crippen molar-refractivity contribution in [3.8, 4) is 0 Å². The zero-order valence-electron chi connectivity index (χ0n) is 11.1. The Bertz CT molecular complexity index is 505. The van der Waals surface area contributed by atoms with Crippen LogP contribution in [0, 0.1) is 0 Å². The molecule has 0 amide bonds. The van der Waals surface area contributed by atoms with Gasteiger partial charge in [0.2, 0.25) is 5.95 Å². The molecule has 102 valence electrons. The molecule has 0 atom stereocenters. The lowest BCUT2D eigenvalue weighted by atomic mass is 9.90. The van der Waals surface area contributed by atoms with Gasteiger partial charge in [-0.2, -0.15) is 4.98 Å². The Labute approximate surface area is 112 Å². The second kappa shape index (κ2) is 4.75. The number of likely N-dealkylation sites (tertiary alicyclic amines) is 1. The minimum absolute atomic E-state index is 0.290. The normalized spacial score (nSPS) is 20.6. The highest BCUT2D eigenvalue weighted by molar-refractivity contribution is 5.90. The van der Waals surface area contributed by atoms with E-state index in [1.165, 1.54) is 5.01 Å². The van der Waals surface area contributed by atoms with Crippen LogP contribution in [0.1, 0.15) is 30.0 Å². The molecule has 0 radical (unpaired) electrons. The van der Waals surface area contributed by atoms with E-state index in [9.17, 15) is 0 Å². The molecule has 1 aromatic heterocycles. The highest BCUT2D eigenvalue weighted by Crippen LogP contribution is 2.32. The summed E-state index contributed by atoms with van der Waals surface area (Å²) in [5, 5.41) is 1.52. The third-order valence-electron chi connectivity index (χ3n) is 3.80. The van der Waals surface area contributed by atoms with Gasteiger partial charge in [0.15, 0.2) is 5.82 Å². The lowest BCUT2D eigenvalue weighted by Crippen LogP contribution is -2.36. The summed E-state index contributed by atoms with van der Waals surface area (Å²) in [6, 6.07) is 0. The van der Waals surface area contributed by atoms with Gasteiger partial charge in [-0.1, -0.05) is 0 Å². The summed E-state index contributed by atoms with van der Waals surface area (Å²) in [6.07, 6.45) is 3.99. The number of hydrogen-bond donors (Lipinski definition) is 2. The van der Waals surface area contributed by atoms with Gasteiger partial charge < -0.3 is 10.6 Å². The van der Waals surface area contributed by atoms with Gasteiger partial charge in [-0.25, -0.2) is 10.8 Å². The molecular formula is C12H19N7. The summed E-state index contributed by atoms with van der Waals surface area (Å²) in [4.78, 5) is 15.2. The molecule has 3 heterocycles. The highest BCUT2D eigenvalue weighted by atomic mass is 15.5. The first-order chi connectivity index (χ1) is 9.15. The quantitative estimate of drug-likeness (QED) is 0.687. The number of aliphatic imine (C=N–C) groups is 1. The number of hydrogen-bond acceptors (Lipinski definition) is 7. The summed E-state index contributed by atoms with van der Waals surface area (Å²) in [5.41, 5.74) is 7.74. The van der Waals surface area contributed by atoms with E-state index < -0.39 is 0 Å². The number of fused-ring (bicyclic) bond motifs is 1. The van der Waals surface area contributed by atoms with Crippen LogP contribution in [0.5, 0.6) is 0 Å². The smallest absolute Gasteiger partial charge is 0.222 e. The number of nitrogens with zero attached hydrogens (tertiary/aromatic N) is 5. The number of piperidine rings is 1. The molecule has 0 aliphatic carbocycles. The van der Waals surface area contributed by atoms with Gasteiger partial charge in [-0.05, 0) is 33.0 Å². The molecule has 7 heteroatoms. The number of rotatable bonds is 1. The fourth-order valence-electron chi connectivity index (χ4n) is 2.72. The number of nitrogens with two attached hydrogens (primary N) is 2. The van der Waals surface area contributed by atoms with E-state index in [-0.39, 0.29) is 0 Å². The number of hydrazine groups is 1. The lowest BCUT2D eigenvalue weighted by molar-refractivity contribution is 0.253. The van der Waals surface area contributed by atoms with E-state index in [1.807, 2.05) is 6.21 Å². The molecule has 19 heavy (non-hydrogen) atoms. The van der Waals surface area contributed by atoms with Crippen molar-refractivity contribution in [3.63, 3.8) is 0 Å². The first-order valence-electron chi connectivity index (χ1n) is 6.53. The summed E-state index contributed by atoms with van der Waals surface area (Å²) < 4.78 is 0. The van der Waals surface area contributed by atoms with Crippen molar-refractivity contribution in [3.05, 3.63) is 11.3 Å². The maximum absolute atomic E-state index is 5.90. The molecule has 0 spiro atoms. The molecule has 0 saturated carbocycles. The van der Waals surface area contributed by atoms with Crippen LogP contribution < -0.4 is 16.6 Å². The van der Waals surface area contributed by atoms with Gasteiger partial charge in [-0.3, -0.25) is 10.0 Å². The Balaban J connectivity index is 2.00. The van der Waals surface area contributed by atoms with Crippen LogP contribution in [0.3, 0.4) is 0 Å². The van der Waals surface area contributed by atoms with E-state index in [4.69, 9.17) is 11.6 Å². The summed E-state index contributed by atoms with van der Waals surface area (Å²) in [6.45, 7) is 2.57. The number of aromatic nitrogens is 2. The number of anilines is 2. The summed E-state index contributed by atoms with van der Waals surface area (Å²) >= 11 is 0. The molecule has 4 N–H and O–H groups in total. The van der Waals surface area contributed by atoms with Crippen molar-refractivity contribution in [2.45, 2.75) is 18.8 Å².